The summed E-state index contributed by atoms with van der Waals surface area (Å²) in [5.74, 6) is -1.36. The van der Waals surface area contributed by atoms with Gasteiger partial charge in [-0.05, 0) is 13.3 Å². The summed E-state index contributed by atoms with van der Waals surface area (Å²) in [6, 6.07) is -0.466. The molecular formula is C12H20N2O4. The van der Waals surface area contributed by atoms with Crippen LogP contribution in [0, 0.1) is 5.92 Å². The van der Waals surface area contributed by atoms with Crippen LogP contribution < -0.4 is 5.32 Å². The summed E-state index contributed by atoms with van der Waals surface area (Å²) in [7, 11) is 3.27. The molecule has 2 N–H and O–H groups in total. The van der Waals surface area contributed by atoms with Crippen molar-refractivity contribution in [2.24, 2.45) is 5.92 Å². The Kier molecular flexibility index (Phi) is 5.15. The standard InChI is InChI=1S/C12H20N2O4/c1-8(7-18-3)14(2)12(17)13-10-5-4-9(6-10)11(15)16/h4-5,8-10H,6-7H2,1-3H3,(H,13,17)(H,15,16). The Balaban J connectivity index is 2.42. The number of carboxylic acid groups (broad SMARTS) is 1. The molecule has 6 heteroatoms. The summed E-state index contributed by atoms with van der Waals surface area (Å²) in [6.07, 6.45) is 3.75. The van der Waals surface area contributed by atoms with Gasteiger partial charge in [0.25, 0.3) is 0 Å². The predicted octanol–water partition coefficient (Wildman–Crippen LogP) is 0.692. The molecule has 1 aliphatic carbocycles. The molecule has 0 bridgehead atoms. The topological polar surface area (TPSA) is 78.9 Å². The summed E-state index contributed by atoms with van der Waals surface area (Å²) in [6.45, 7) is 2.34. The zero-order chi connectivity index (χ0) is 13.7. The average molecular weight is 256 g/mol. The van der Waals surface area contributed by atoms with E-state index in [0.29, 0.717) is 13.0 Å². The zero-order valence-corrected chi connectivity index (χ0v) is 10.9. The van der Waals surface area contributed by atoms with Crippen LogP contribution in [-0.2, 0) is 9.53 Å². The highest BCUT2D eigenvalue weighted by Crippen LogP contribution is 2.18. The Morgan fingerprint density at radius 3 is 2.72 bits per heavy atom. The second-order valence-electron chi connectivity index (χ2n) is 4.54. The summed E-state index contributed by atoms with van der Waals surface area (Å²) in [5, 5.41) is 11.6. The van der Waals surface area contributed by atoms with E-state index in [4.69, 9.17) is 9.84 Å². The lowest BCUT2D eigenvalue weighted by atomic mass is 10.1. The number of amides is 2. The van der Waals surface area contributed by atoms with E-state index in [1.54, 1.807) is 31.2 Å². The molecule has 0 fully saturated rings. The molecule has 0 heterocycles. The number of carbonyl (C=O) groups excluding carboxylic acids is 1. The van der Waals surface area contributed by atoms with Crippen molar-refractivity contribution in [3.63, 3.8) is 0 Å². The third-order valence-electron chi connectivity index (χ3n) is 3.10. The van der Waals surface area contributed by atoms with Crippen molar-refractivity contribution >= 4 is 12.0 Å². The highest BCUT2D eigenvalue weighted by Gasteiger charge is 2.26. The van der Waals surface area contributed by atoms with E-state index < -0.39 is 11.9 Å². The third-order valence-corrected chi connectivity index (χ3v) is 3.10. The number of ether oxygens (including phenoxy) is 1. The molecule has 1 rings (SSSR count). The zero-order valence-electron chi connectivity index (χ0n) is 10.9. The molecule has 0 spiro atoms. The quantitative estimate of drug-likeness (QED) is 0.709. The first-order valence-corrected chi connectivity index (χ1v) is 5.89. The number of carbonyl (C=O) groups is 2. The SMILES string of the molecule is COCC(C)N(C)C(=O)NC1C=CC(C(=O)O)C1. The third kappa shape index (κ3) is 3.73. The van der Waals surface area contributed by atoms with Crippen LogP contribution >= 0.6 is 0 Å². The molecule has 6 nitrogen and oxygen atoms in total. The molecule has 0 aromatic heterocycles. The van der Waals surface area contributed by atoms with E-state index in [0.717, 1.165) is 0 Å². The van der Waals surface area contributed by atoms with Crippen molar-refractivity contribution in [2.75, 3.05) is 20.8 Å². The largest absolute Gasteiger partial charge is 0.481 e. The number of nitrogens with one attached hydrogen (secondary N) is 1. The molecule has 2 amide bonds. The van der Waals surface area contributed by atoms with Crippen LogP contribution in [0.1, 0.15) is 13.3 Å². The maximum Gasteiger partial charge on any atom is 0.317 e. The smallest absolute Gasteiger partial charge is 0.317 e. The Bertz CT molecular complexity index is 343. The van der Waals surface area contributed by atoms with Gasteiger partial charge in [0.05, 0.1) is 24.6 Å². The number of aliphatic carboxylic acids is 1. The van der Waals surface area contributed by atoms with Crippen molar-refractivity contribution in [3.8, 4) is 0 Å². The average Bonchev–Trinajstić information content (AvgIpc) is 2.77. The van der Waals surface area contributed by atoms with Crippen LogP contribution in [0.15, 0.2) is 12.2 Å². The van der Waals surface area contributed by atoms with Crippen LogP contribution in [0.25, 0.3) is 0 Å². The molecule has 18 heavy (non-hydrogen) atoms. The minimum Gasteiger partial charge on any atom is -0.481 e. The summed E-state index contributed by atoms with van der Waals surface area (Å²) < 4.78 is 4.98. The summed E-state index contributed by atoms with van der Waals surface area (Å²) >= 11 is 0. The number of hydrogen-bond donors (Lipinski definition) is 2. The molecule has 0 aromatic carbocycles. The lowest BCUT2D eigenvalue weighted by molar-refractivity contribution is -0.140. The van der Waals surface area contributed by atoms with Crippen LogP contribution in [-0.4, -0.2) is 54.9 Å². The van der Waals surface area contributed by atoms with E-state index in [1.165, 1.54) is 0 Å². The maximum absolute atomic E-state index is 11.9. The van der Waals surface area contributed by atoms with Gasteiger partial charge in [0.1, 0.15) is 0 Å². The fourth-order valence-corrected chi connectivity index (χ4v) is 1.80. The number of likely N-dealkylation sites (N-methyl/N-ethyl adjacent to an activating group) is 1. The van der Waals surface area contributed by atoms with Gasteiger partial charge in [-0.25, -0.2) is 4.79 Å². The van der Waals surface area contributed by atoms with Crippen molar-refractivity contribution in [2.45, 2.75) is 25.4 Å². The summed E-state index contributed by atoms with van der Waals surface area (Å²) in [5.41, 5.74) is 0. The molecule has 3 unspecified atom stereocenters. The Morgan fingerprint density at radius 1 is 1.56 bits per heavy atom. The monoisotopic (exact) mass is 256 g/mol. The van der Waals surface area contributed by atoms with Gasteiger partial charge in [-0.3, -0.25) is 4.79 Å². The number of hydrogen-bond acceptors (Lipinski definition) is 3. The maximum atomic E-state index is 11.9. The van der Waals surface area contributed by atoms with Gasteiger partial charge in [-0.15, -0.1) is 0 Å². The number of carboxylic acids is 1. The van der Waals surface area contributed by atoms with Gasteiger partial charge in [0.15, 0.2) is 0 Å². The van der Waals surface area contributed by atoms with E-state index in [1.807, 2.05) is 6.92 Å². The minimum atomic E-state index is -0.857. The van der Waals surface area contributed by atoms with Crippen LogP contribution in [0.4, 0.5) is 4.79 Å². The second kappa shape index (κ2) is 6.39. The lowest BCUT2D eigenvalue weighted by Gasteiger charge is -2.26. The van der Waals surface area contributed by atoms with Crippen molar-refractivity contribution in [1.82, 2.24) is 10.2 Å². The van der Waals surface area contributed by atoms with Crippen LogP contribution in [0.3, 0.4) is 0 Å². The first kappa shape index (κ1) is 14.5. The normalized spacial score (nSPS) is 23.7. The number of urea groups is 1. The van der Waals surface area contributed by atoms with Gasteiger partial charge >= 0.3 is 12.0 Å². The molecular weight excluding hydrogens is 236 g/mol. The van der Waals surface area contributed by atoms with E-state index in [9.17, 15) is 9.59 Å². The second-order valence-corrected chi connectivity index (χ2v) is 4.54. The fraction of sp³-hybridized carbons (Fsp3) is 0.667. The Labute approximate surface area is 107 Å². The van der Waals surface area contributed by atoms with E-state index in [-0.39, 0.29) is 18.1 Å². The first-order valence-electron chi connectivity index (χ1n) is 5.89. The van der Waals surface area contributed by atoms with Crippen LogP contribution in [0.5, 0.6) is 0 Å². The van der Waals surface area contributed by atoms with E-state index >= 15 is 0 Å². The molecule has 0 saturated heterocycles. The fourth-order valence-electron chi connectivity index (χ4n) is 1.80. The van der Waals surface area contributed by atoms with Gasteiger partial charge in [0.2, 0.25) is 0 Å². The predicted molar refractivity (Wildman–Crippen MR) is 66.3 cm³/mol. The number of rotatable bonds is 5. The van der Waals surface area contributed by atoms with Gasteiger partial charge in [-0.1, -0.05) is 12.2 Å². The number of methoxy groups -OCH3 is 1. The molecule has 0 aliphatic heterocycles. The van der Waals surface area contributed by atoms with Crippen molar-refractivity contribution < 1.29 is 19.4 Å². The minimum absolute atomic E-state index is 0.0318. The molecule has 102 valence electrons. The van der Waals surface area contributed by atoms with Gasteiger partial charge in [0, 0.05) is 14.2 Å². The molecule has 0 aromatic rings. The number of nitrogens with zero attached hydrogens (tertiary/aromatic N) is 1. The van der Waals surface area contributed by atoms with Crippen molar-refractivity contribution in [1.29, 1.82) is 0 Å². The molecule has 0 radical (unpaired) electrons. The Morgan fingerprint density at radius 2 is 2.22 bits per heavy atom. The van der Waals surface area contributed by atoms with Gasteiger partial charge < -0.3 is 20.1 Å². The summed E-state index contributed by atoms with van der Waals surface area (Å²) in [4.78, 5) is 24.2. The lowest BCUT2D eigenvalue weighted by Crippen LogP contribution is -2.47. The van der Waals surface area contributed by atoms with E-state index in [2.05, 4.69) is 5.32 Å². The molecule has 3 atom stereocenters. The highest BCUT2D eigenvalue weighted by molar-refractivity contribution is 5.76. The molecule has 0 saturated carbocycles. The van der Waals surface area contributed by atoms with Crippen molar-refractivity contribution in [3.05, 3.63) is 12.2 Å². The first-order chi connectivity index (χ1) is 8.45. The van der Waals surface area contributed by atoms with Gasteiger partial charge in [-0.2, -0.15) is 0 Å². The highest BCUT2D eigenvalue weighted by atomic mass is 16.5. The molecule has 1 aliphatic rings. The van der Waals surface area contributed by atoms with Crippen LogP contribution in [0.2, 0.25) is 0 Å². The Hall–Kier alpha value is -1.56.